The fourth-order valence-corrected chi connectivity index (χ4v) is 3.17. The van der Waals surface area contributed by atoms with E-state index >= 15 is 0 Å². The van der Waals surface area contributed by atoms with Crippen molar-refractivity contribution < 1.29 is 0 Å². The molecule has 0 heterocycles. The van der Waals surface area contributed by atoms with Gasteiger partial charge in [-0.2, -0.15) is 11.8 Å². The summed E-state index contributed by atoms with van der Waals surface area (Å²) in [5, 5.41) is 0. The Morgan fingerprint density at radius 2 is 1.93 bits per heavy atom. The Labute approximate surface area is 93.2 Å². The minimum absolute atomic E-state index is 0.188. The van der Waals surface area contributed by atoms with Crippen LogP contribution >= 0.6 is 11.8 Å². The van der Waals surface area contributed by atoms with Crippen molar-refractivity contribution in [3.05, 3.63) is 0 Å². The van der Waals surface area contributed by atoms with E-state index in [0.717, 1.165) is 5.92 Å². The smallest absolute Gasteiger partial charge is 0.0162 e. The zero-order valence-corrected chi connectivity index (χ0v) is 10.5. The van der Waals surface area contributed by atoms with Gasteiger partial charge < -0.3 is 5.73 Å². The second-order valence-electron chi connectivity index (χ2n) is 4.66. The first-order valence-electron chi connectivity index (χ1n) is 6.07. The van der Waals surface area contributed by atoms with E-state index in [9.17, 15) is 0 Å². The van der Waals surface area contributed by atoms with Crippen molar-refractivity contribution in [2.24, 2.45) is 11.7 Å². The average molecular weight is 215 g/mol. The third-order valence-electron chi connectivity index (χ3n) is 3.63. The summed E-state index contributed by atoms with van der Waals surface area (Å²) in [5.74, 6) is 3.45. The molecule has 84 valence electrons. The van der Waals surface area contributed by atoms with E-state index in [1.807, 2.05) is 11.8 Å². The van der Waals surface area contributed by atoms with Crippen molar-refractivity contribution in [3.8, 4) is 0 Å². The summed E-state index contributed by atoms with van der Waals surface area (Å²) in [7, 11) is 0. The van der Waals surface area contributed by atoms with Crippen LogP contribution in [0, 0.1) is 5.92 Å². The molecule has 0 aromatic heterocycles. The Kier molecular flexibility index (Phi) is 5.32. The van der Waals surface area contributed by atoms with E-state index in [-0.39, 0.29) is 5.54 Å². The van der Waals surface area contributed by atoms with Gasteiger partial charge in [-0.3, -0.25) is 0 Å². The Morgan fingerprint density at radius 3 is 2.43 bits per heavy atom. The van der Waals surface area contributed by atoms with Gasteiger partial charge in [0.25, 0.3) is 0 Å². The first kappa shape index (κ1) is 12.4. The van der Waals surface area contributed by atoms with Gasteiger partial charge in [-0.15, -0.1) is 0 Å². The number of rotatable bonds is 5. The second-order valence-corrected chi connectivity index (χ2v) is 6.05. The molecule has 1 saturated carbocycles. The summed E-state index contributed by atoms with van der Waals surface area (Å²) in [5.41, 5.74) is 6.59. The van der Waals surface area contributed by atoms with Gasteiger partial charge in [-0.1, -0.05) is 20.3 Å². The largest absolute Gasteiger partial charge is 0.325 e. The average Bonchev–Trinajstić information content (AvgIpc) is 2.19. The van der Waals surface area contributed by atoms with Gasteiger partial charge in [-0.05, 0) is 49.5 Å². The fourth-order valence-electron chi connectivity index (χ4n) is 2.33. The molecule has 1 fully saturated rings. The van der Waals surface area contributed by atoms with Crippen LogP contribution in [-0.4, -0.2) is 17.0 Å². The summed E-state index contributed by atoms with van der Waals surface area (Å²) in [6, 6.07) is 0. The lowest BCUT2D eigenvalue weighted by Gasteiger charge is -2.37. The predicted octanol–water partition coefficient (Wildman–Crippen LogP) is 3.43. The SMILES string of the molecule is CCSCCC1(N)CCC(CC)CC1. The van der Waals surface area contributed by atoms with E-state index in [4.69, 9.17) is 5.73 Å². The highest BCUT2D eigenvalue weighted by Crippen LogP contribution is 2.34. The molecule has 1 nitrogen and oxygen atoms in total. The zero-order chi connectivity index (χ0) is 10.4. The van der Waals surface area contributed by atoms with Crippen LogP contribution in [0.15, 0.2) is 0 Å². The molecule has 0 aliphatic heterocycles. The van der Waals surface area contributed by atoms with Crippen molar-refractivity contribution in [1.82, 2.24) is 0 Å². The van der Waals surface area contributed by atoms with Crippen LogP contribution in [0.2, 0.25) is 0 Å². The summed E-state index contributed by atoms with van der Waals surface area (Å²) >= 11 is 2.03. The van der Waals surface area contributed by atoms with E-state index in [1.165, 1.54) is 50.0 Å². The molecule has 0 unspecified atom stereocenters. The van der Waals surface area contributed by atoms with Crippen LogP contribution in [0.1, 0.15) is 52.4 Å². The van der Waals surface area contributed by atoms with Gasteiger partial charge in [0.05, 0.1) is 0 Å². The summed E-state index contributed by atoms with van der Waals surface area (Å²) in [4.78, 5) is 0. The van der Waals surface area contributed by atoms with E-state index < -0.39 is 0 Å². The Morgan fingerprint density at radius 1 is 1.29 bits per heavy atom. The van der Waals surface area contributed by atoms with Crippen molar-refractivity contribution in [1.29, 1.82) is 0 Å². The highest BCUT2D eigenvalue weighted by molar-refractivity contribution is 7.99. The molecule has 1 rings (SSSR count). The normalized spacial score (nSPS) is 33.2. The predicted molar refractivity (Wildman–Crippen MR) is 66.8 cm³/mol. The molecule has 0 spiro atoms. The number of hydrogen-bond donors (Lipinski definition) is 1. The lowest BCUT2D eigenvalue weighted by atomic mass is 9.75. The number of nitrogens with two attached hydrogens (primary N) is 1. The highest BCUT2D eigenvalue weighted by atomic mass is 32.2. The lowest BCUT2D eigenvalue weighted by molar-refractivity contribution is 0.225. The Hall–Kier alpha value is 0.310. The van der Waals surface area contributed by atoms with Gasteiger partial charge in [0.1, 0.15) is 0 Å². The van der Waals surface area contributed by atoms with Gasteiger partial charge in [-0.25, -0.2) is 0 Å². The van der Waals surface area contributed by atoms with Crippen LogP contribution in [-0.2, 0) is 0 Å². The van der Waals surface area contributed by atoms with Gasteiger partial charge in [0.2, 0.25) is 0 Å². The summed E-state index contributed by atoms with van der Waals surface area (Å²) < 4.78 is 0. The molecule has 1 aliphatic rings. The molecule has 2 heteroatoms. The van der Waals surface area contributed by atoms with Gasteiger partial charge in [0.15, 0.2) is 0 Å². The Bertz CT molecular complexity index is 145. The molecular weight excluding hydrogens is 190 g/mol. The minimum atomic E-state index is 0.188. The van der Waals surface area contributed by atoms with Crippen molar-refractivity contribution in [2.75, 3.05) is 11.5 Å². The van der Waals surface area contributed by atoms with E-state index in [1.54, 1.807) is 0 Å². The zero-order valence-electron chi connectivity index (χ0n) is 9.72. The first-order chi connectivity index (χ1) is 6.70. The standard InChI is InChI=1S/C12H25NS/c1-3-11-5-7-12(13,8-6-11)9-10-14-4-2/h11H,3-10,13H2,1-2H3. The van der Waals surface area contributed by atoms with Gasteiger partial charge in [0, 0.05) is 5.54 Å². The van der Waals surface area contributed by atoms with Crippen molar-refractivity contribution in [2.45, 2.75) is 57.9 Å². The van der Waals surface area contributed by atoms with Crippen LogP contribution in [0.5, 0.6) is 0 Å². The molecule has 0 amide bonds. The summed E-state index contributed by atoms with van der Waals surface area (Å²) in [6.45, 7) is 4.53. The third-order valence-corrected chi connectivity index (χ3v) is 4.53. The van der Waals surface area contributed by atoms with Crippen molar-refractivity contribution in [3.63, 3.8) is 0 Å². The molecule has 0 atom stereocenters. The van der Waals surface area contributed by atoms with Crippen LogP contribution in [0.25, 0.3) is 0 Å². The topological polar surface area (TPSA) is 26.0 Å². The van der Waals surface area contributed by atoms with E-state index in [0.29, 0.717) is 0 Å². The maximum atomic E-state index is 6.40. The third kappa shape index (κ3) is 3.82. The maximum absolute atomic E-state index is 6.40. The van der Waals surface area contributed by atoms with Crippen LogP contribution < -0.4 is 5.73 Å². The van der Waals surface area contributed by atoms with Crippen LogP contribution in [0.3, 0.4) is 0 Å². The molecular formula is C12H25NS. The highest BCUT2D eigenvalue weighted by Gasteiger charge is 2.30. The molecule has 2 N–H and O–H groups in total. The van der Waals surface area contributed by atoms with E-state index in [2.05, 4.69) is 13.8 Å². The maximum Gasteiger partial charge on any atom is 0.0162 e. The molecule has 0 bridgehead atoms. The number of thioether (sulfide) groups is 1. The molecule has 0 saturated heterocycles. The fraction of sp³-hybridized carbons (Fsp3) is 1.00. The molecule has 1 aliphatic carbocycles. The molecule has 0 radical (unpaired) electrons. The lowest BCUT2D eigenvalue weighted by Crippen LogP contribution is -2.43. The number of hydrogen-bond acceptors (Lipinski definition) is 2. The van der Waals surface area contributed by atoms with Gasteiger partial charge >= 0.3 is 0 Å². The Balaban J connectivity index is 2.23. The first-order valence-corrected chi connectivity index (χ1v) is 7.22. The summed E-state index contributed by atoms with van der Waals surface area (Å²) in [6.07, 6.45) is 7.82. The molecule has 0 aromatic carbocycles. The second kappa shape index (κ2) is 6.02. The minimum Gasteiger partial charge on any atom is -0.325 e. The molecule has 14 heavy (non-hydrogen) atoms. The quantitative estimate of drug-likeness (QED) is 0.711. The molecule has 0 aromatic rings. The van der Waals surface area contributed by atoms with Crippen molar-refractivity contribution >= 4 is 11.8 Å². The van der Waals surface area contributed by atoms with Crippen LogP contribution in [0.4, 0.5) is 0 Å². The monoisotopic (exact) mass is 215 g/mol.